The van der Waals surface area contributed by atoms with E-state index >= 15 is 0 Å². The van der Waals surface area contributed by atoms with Gasteiger partial charge in [-0.15, -0.1) is 0 Å². The fourth-order valence-electron chi connectivity index (χ4n) is 2.27. The van der Waals surface area contributed by atoms with Crippen LogP contribution in [0, 0.1) is 0 Å². The fourth-order valence-corrected chi connectivity index (χ4v) is 2.63. The maximum Gasteiger partial charge on any atom is 0.168 e. The average Bonchev–Trinajstić information content (AvgIpc) is 3.08. The summed E-state index contributed by atoms with van der Waals surface area (Å²) in [6, 6.07) is 19.7. The Hall–Kier alpha value is -1.61. The summed E-state index contributed by atoms with van der Waals surface area (Å²) in [5.41, 5.74) is 6.10. The summed E-state index contributed by atoms with van der Waals surface area (Å²) in [6.07, 6.45) is 0. The highest BCUT2D eigenvalue weighted by atomic mass is 35.5. The van der Waals surface area contributed by atoms with Crippen LogP contribution in [0.1, 0.15) is 11.1 Å². The van der Waals surface area contributed by atoms with E-state index in [4.69, 9.17) is 11.6 Å². The monoisotopic (exact) mass is 257 g/mol. The maximum atomic E-state index is 9.31. The number of nitrogens with one attached hydrogen (secondary N) is 1. The predicted molar refractivity (Wildman–Crippen MR) is 73.2 cm³/mol. The van der Waals surface area contributed by atoms with Crippen molar-refractivity contribution in [2.24, 2.45) is 0 Å². The molecule has 0 radical (unpaired) electrons. The summed E-state index contributed by atoms with van der Waals surface area (Å²) in [6.45, 7) is 0. The number of rotatable bonds is 3. The van der Waals surface area contributed by atoms with E-state index in [0.29, 0.717) is 0 Å². The van der Waals surface area contributed by atoms with Crippen LogP contribution in [-0.2, 0) is 0 Å². The summed E-state index contributed by atoms with van der Waals surface area (Å²) in [5, 5.41) is 9.31. The third kappa shape index (κ3) is 1.66. The van der Waals surface area contributed by atoms with Crippen LogP contribution in [0.2, 0.25) is 0 Å². The van der Waals surface area contributed by atoms with Gasteiger partial charge in [-0.1, -0.05) is 72.3 Å². The first-order chi connectivity index (χ1) is 8.77. The van der Waals surface area contributed by atoms with Crippen LogP contribution in [0.4, 0.5) is 0 Å². The van der Waals surface area contributed by atoms with Gasteiger partial charge in [0.2, 0.25) is 0 Å². The van der Waals surface area contributed by atoms with E-state index in [1.165, 1.54) is 0 Å². The molecule has 0 aromatic heterocycles. The topological polar surface area (TPSA) is 32.3 Å². The highest BCUT2D eigenvalue weighted by Gasteiger charge is 2.53. The van der Waals surface area contributed by atoms with Crippen molar-refractivity contribution in [3.63, 3.8) is 0 Å². The molecule has 2 aromatic carbocycles. The van der Waals surface area contributed by atoms with E-state index in [-0.39, 0.29) is 0 Å². The zero-order valence-electron chi connectivity index (χ0n) is 9.60. The molecule has 0 unspecified atom stereocenters. The second-order valence-electron chi connectivity index (χ2n) is 4.25. The van der Waals surface area contributed by atoms with Gasteiger partial charge in [-0.3, -0.25) is 0 Å². The molecule has 0 saturated heterocycles. The van der Waals surface area contributed by atoms with E-state index in [0.717, 1.165) is 22.3 Å². The van der Waals surface area contributed by atoms with Gasteiger partial charge in [0.05, 0.1) is 0 Å². The Morgan fingerprint density at radius 3 is 1.50 bits per heavy atom. The Morgan fingerprint density at radius 1 is 0.778 bits per heavy atom. The van der Waals surface area contributed by atoms with Gasteiger partial charge in [-0.2, -0.15) is 5.48 Å². The van der Waals surface area contributed by atoms with Gasteiger partial charge in [0.25, 0.3) is 0 Å². The van der Waals surface area contributed by atoms with Crippen LogP contribution < -0.4 is 5.48 Å². The molecule has 90 valence electrons. The molecule has 1 aliphatic carbocycles. The molecule has 2 aromatic rings. The van der Waals surface area contributed by atoms with Gasteiger partial charge in [0.15, 0.2) is 5.00 Å². The first-order valence-electron chi connectivity index (χ1n) is 5.73. The minimum atomic E-state index is -0.956. The number of benzene rings is 2. The van der Waals surface area contributed by atoms with Gasteiger partial charge in [-0.05, 0) is 11.1 Å². The highest BCUT2D eigenvalue weighted by molar-refractivity contribution is 6.48. The van der Waals surface area contributed by atoms with Crippen LogP contribution in [0.5, 0.6) is 0 Å². The van der Waals surface area contributed by atoms with E-state index in [2.05, 4.69) is 5.48 Å². The molecule has 1 aliphatic rings. The quantitative estimate of drug-likeness (QED) is 0.501. The van der Waals surface area contributed by atoms with Crippen LogP contribution in [0.3, 0.4) is 0 Å². The van der Waals surface area contributed by atoms with Crippen molar-refractivity contribution >= 4 is 22.7 Å². The van der Waals surface area contributed by atoms with Crippen molar-refractivity contribution < 1.29 is 5.21 Å². The third-order valence-corrected chi connectivity index (χ3v) is 3.62. The van der Waals surface area contributed by atoms with Crippen LogP contribution in [-0.4, -0.2) is 10.2 Å². The molecule has 2 nitrogen and oxygen atoms in total. The molecule has 0 aliphatic heterocycles. The first-order valence-corrected chi connectivity index (χ1v) is 6.11. The SMILES string of the molecule is ONC1(Cl)C(c2ccccc2)=C1c1ccccc1. The summed E-state index contributed by atoms with van der Waals surface area (Å²) in [7, 11) is 0. The molecule has 0 heterocycles. The van der Waals surface area contributed by atoms with Crippen LogP contribution >= 0.6 is 11.6 Å². The van der Waals surface area contributed by atoms with Crippen LogP contribution in [0.25, 0.3) is 11.1 Å². The zero-order valence-corrected chi connectivity index (χ0v) is 10.4. The smallest absolute Gasteiger partial charge is 0.168 e. The number of hydrogen-bond donors (Lipinski definition) is 2. The molecular formula is C15H12ClNO. The minimum Gasteiger partial charge on any atom is -0.314 e. The second kappa shape index (κ2) is 4.25. The Balaban J connectivity index is 2.09. The summed E-state index contributed by atoms with van der Waals surface area (Å²) >= 11 is 6.39. The molecule has 2 N–H and O–H groups in total. The van der Waals surface area contributed by atoms with E-state index in [1.807, 2.05) is 60.7 Å². The minimum absolute atomic E-state index is 0.929. The molecule has 0 bridgehead atoms. The lowest BCUT2D eigenvalue weighted by Crippen LogP contribution is -2.26. The Labute approximate surface area is 110 Å². The van der Waals surface area contributed by atoms with Crippen molar-refractivity contribution in [2.45, 2.75) is 5.00 Å². The molecule has 0 amide bonds. The average molecular weight is 258 g/mol. The van der Waals surface area contributed by atoms with Gasteiger partial charge in [-0.25, -0.2) is 0 Å². The summed E-state index contributed by atoms with van der Waals surface area (Å²) in [4.78, 5) is -0.956. The largest absolute Gasteiger partial charge is 0.314 e. The highest BCUT2D eigenvalue weighted by Crippen LogP contribution is 2.58. The van der Waals surface area contributed by atoms with Crippen molar-refractivity contribution in [2.75, 3.05) is 0 Å². The van der Waals surface area contributed by atoms with Crippen molar-refractivity contribution in [1.82, 2.24) is 5.48 Å². The lowest BCUT2D eigenvalue weighted by atomic mass is 10.1. The normalized spacial score (nSPS) is 16.8. The molecule has 3 rings (SSSR count). The Morgan fingerprint density at radius 2 is 1.17 bits per heavy atom. The van der Waals surface area contributed by atoms with Crippen LogP contribution in [0.15, 0.2) is 60.7 Å². The molecule has 3 heteroatoms. The lowest BCUT2D eigenvalue weighted by Gasteiger charge is -2.09. The second-order valence-corrected chi connectivity index (χ2v) is 4.82. The molecule has 0 fully saturated rings. The Kier molecular flexibility index (Phi) is 2.71. The van der Waals surface area contributed by atoms with Gasteiger partial charge < -0.3 is 5.21 Å². The number of hydroxylamine groups is 1. The number of halogens is 1. The number of alkyl halides is 1. The molecule has 18 heavy (non-hydrogen) atoms. The third-order valence-electron chi connectivity index (χ3n) is 3.16. The van der Waals surface area contributed by atoms with Gasteiger partial charge in [0, 0.05) is 11.1 Å². The van der Waals surface area contributed by atoms with E-state index < -0.39 is 5.00 Å². The van der Waals surface area contributed by atoms with Crippen molar-refractivity contribution in [3.05, 3.63) is 71.8 Å². The zero-order chi connectivity index (χ0) is 12.6. The Bertz CT molecular complexity index is 543. The lowest BCUT2D eigenvalue weighted by molar-refractivity contribution is 0.159. The maximum absolute atomic E-state index is 9.31. The predicted octanol–water partition coefficient (Wildman–Crippen LogP) is 3.52. The van der Waals surface area contributed by atoms with Crippen molar-refractivity contribution in [3.8, 4) is 0 Å². The summed E-state index contributed by atoms with van der Waals surface area (Å²) < 4.78 is 0. The van der Waals surface area contributed by atoms with Gasteiger partial charge in [0.1, 0.15) is 0 Å². The van der Waals surface area contributed by atoms with Gasteiger partial charge >= 0.3 is 0 Å². The van der Waals surface area contributed by atoms with E-state index in [1.54, 1.807) is 0 Å². The molecule has 0 atom stereocenters. The summed E-state index contributed by atoms with van der Waals surface area (Å²) in [5.74, 6) is 0. The molecule has 0 spiro atoms. The number of hydrogen-bond acceptors (Lipinski definition) is 2. The first kappa shape index (κ1) is 11.5. The standard InChI is InChI=1S/C15H12ClNO/c16-15(17-18)13(11-7-3-1-4-8-11)14(15)12-9-5-2-6-10-12/h1-10,17-18H. The van der Waals surface area contributed by atoms with Crippen molar-refractivity contribution in [1.29, 1.82) is 0 Å². The van der Waals surface area contributed by atoms with E-state index in [9.17, 15) is 5.21 Å². The molecule has 0 saturated carbocycles. The molecular weight excluding hydrogens is 246 g/mol. The fraction of sp³-hybridized carbons (Fsp3) is 0.0667.